The second-order valence-electron chi connectivity index (χ2n) is 4.19. The van der Waals surface area contributed by atoms with Gasteiger partial charge >= 0.3 is 62.1 Å². The number of sulfonamides is 4. The normalized spacial score (nSPS) is 14.6. The van der Waals surface area contributed by atoms with Crippen LogP contribution in [0.4, 0.5) is 52.7 Å². The lowest BCUT2D eigenvalue weighted by Crippen LogP contribution is -2.45. The Balaban J connectivity index is -0.000000488. The van der Waals surface area contributed by atoms with Crippen LogP contribution in [0.3, 0.4) is 0 Å². The topological polar surface area (TPSA) is 218 Å². The fraction of sp³-hybridized carbons (Fsp3) is 1.00. The molecule has 0 heterocycles. The molecule has 13 nitrogen and oxygen atoms in total. The van der Waals surface area contributed by atoms with Crippen molar-refractivity contribution in [1.29, 1.82) is 0 Å². The highest BCUT2D eigenvalue weighted by Crippen LogP contribution is 2.28. The van der Waals surface area contributed by atoms with Crippen molar-refractivity contribution in [2.75, 3.05) is 0 Å². The molecule has 30 heteroatoms. The van der Waals surface area contributed by atoms with Crippen LogP contribution >= 0.6 is 0 Å². The molecule has 0 aromatic carbocycles. The molecule has 0 saturated carbocycles. The molecule has 0 spiro atoms. The summed E-state index contributed by atoms with van der Waals surface area (Å²) < 4.78 is 239. The van der Waals surface area contributed by atoms with Crippen molar-refractivity contribution in [2.24, 2.45) is 0 Å². The molecule has 0 rings (SSSR count). The van der Waals surface area contributed by atoms with Crippen molar-refractivity contribution in [3.63, 3.8) is 0 Å². The predicted octanol–water partition coefficient (Wildman–Crippen LogP) is 0.232. The standard InChI is InChI=1S/2C2HF6NO4S2.H2O3S/c2*3-1(4,5)14(10,11)9-15(12,13)2(6,7)8;1-4(2)3/h2*9H;(H2,1,2,3). The molecule has 0 aromatic heterocycles. The Kier molecular flexibility index (Phi) is 12.5. The van der Waals surface area contributed by atoms with E-state index in [0.29, 0.717) is 0 Å². The first kappa shape index (κ1) is 37.5. The summed E-state index contributed by atoms with van der Waals surface area (Å²) in [5.41, 5.74) is -24.6. The smallest absolute Gasteiger partial charge is 0.284 e. The third-order valence-electron chi connectivity index (χ3n) is 1.66. The van der Waals surface area contributed by atoms with Crippen LogP contribution in [0.25, 0.3) is 0 Å². The van der Waals surface area contributed by atoms with Crippen molar-refractivity contribution in [3.05, 3.63) is 0 Å². The molecule has 0 radical (unpaired) electrons. The third-order valence-corrected chi connectivity index (χ3v) is 7.61. The van der Waals surface area contributed by atoms with Crippen LogP contribution in [0.15, 0.2) is 0 Å². The molecule has 0 aliphatic heterocycles. The largest absolute Gasteiger partial charge is 0.512 e. The summed E-state index contributed by atoms with van der Waals surface area (Å²) in [7, 11) is -26.4. The Morgan fingerprint density at radius 1 is 0.441 bits per heavy atom. The summed E-state index contributed by atoms with van der Waals surface area (Å²) in [6.07, 6.45) is 0. The second-order valence-corrected chi connectivity index (χ2v) is 11.9. The van der Waals surface area contributed by atoms with Gasteiger partial charge in [-0.3, -0.25) is 9.11 Å². The zero-order valence-electron chi connectivity index (χ0n) is 14.1. The molecule has 0 saturated heterocycles. The Bertz CT molecular complexity index is 951. The summed E-state index contributed by atoms with van der Waals surface area (Å²) in [5, 5.41) is 0. The first-order valence-electron chi connectivity index (χ1n) is 5.77. The molecule has 0 aliphatic rings. The lowest BCUT2D eigenvalue weighted by atomic mass is 11.6. The molecule has 210 valence electrons. The van der Waals surface area contributed by atoms with Gasteiger partial charge < -0.3 is 0 Å². The van der Waals surface area contributed by atoms with Gasteiger partial charge in [-0.15, -0.1) is 0 Å². The van der Waals surface area contributed by atoms with Crippen LogP contribution in [-0.2, 0) is 51.5 Å². The lowest BCUT2D eigenvalue weighted by Gasteiger charge is -2.11. The quantitative estimate of drug-likeness (QED) is 0.240. The molecule has 0 amide bonds. The van der Waals surface area contributed by atoms with Crippen LogP contribution in [0.1, 0.15) is 0 Å². The number of alkyl halides is 12. The van der Waals surface area contributed by atoms with Crippen molar-refractivity contribution in [3.8, 4) is 0 Å². The van der Waals surface area contributed by atoms with Crippen LogP contribution in [-0.4, -0.2) is 69.0 Å². The average molecular weight is 644 g/mol. The SMILES string of the molecule is O=S(=O)(NS(=O)(=O)C(F)(F)F)C(F)(F)F.O=S(=O)(NS(=O)(=O)C(F)(F)F)C(F)(F)F.O=S(O)O. The number of halogens is 12. The van der Waals surface area contributed by atoms with Gasteiger partial charge in [0.2, 0.25) is 0 Å². The highest BCUT2D eigenvalue weighted by molar-refractivity contribution is 8.06. The van der Waals surface area contributed by atoms with E-state index in [4.69, 9.17) is 13.3 Å². The summed E-state index contributed by atoms with van der Waals surface area (Å²) in [5.74, 6) is 0. The van der Waals surface area contributed by atoms with E-state index in [1.165, 1.54) is 0 Å². The predicted molar refractivity (Wildman–Crippen MR) is 79.6 cm³/mol. The van der Waals surface area contributed by atoms with Crippen LogP contribution < -0.4 is 8.25 Å². The van der Waals surface area contributed by atoms with Gasteiger partial charge in [-0.25, -0.2) is 33.7 Å². The van der Waals surface area contributed by atoms with Crippen molar-refractivity contribution < 1.29 is 99.7 Å². The number of hydrogen-bond donors (Lipinski definition) is 4. The number of rotatable bonds is 4. The Labute approximate surface area is 181 Å². The fourth-order valence-corrected chi connectivity index (χ4v) is 4.30. The van der Waals surface area contributed by atoms with Crippen molar-refractivity contribution in [1.82, 2.24) is 8.25 Å². The zero-order chi connectivity index (χ0) is 29.0. The summed E-state index contributed by atoms with van der Waals surface area (Å²) in [4.78, 5) is 0. The van der Waals surface area contributed by atoms with Crippen molar-refractivity contribution in [2.45, 2.75) is 22.0 Å². The summed E-state index contributed by atoms with van der Waals surface area (Å²) >= 11 is -2.61. The van der Waals surface area contributed by atoms with E-state index in [9.17, 15) is 86.4 Å². The molecule has 0 aromatic rings. The second kappa shape index (κ2) is 11.3. The van der Waals surface area contributed by atoms with Gasteiger partial charge in [0.05, 0.1) is 0 Å². The molecular weight excluding hydrogens is 640 g/mol. The van der Waals surface area contributed by atoms with Gasteiger partial charge in [-0.05, 0) is 0 Å². The van der Waals surface area contributed by atoms with Gasteiger partial charge in [0.1, 0.15) is 0 Å². The minimum absolute atomic E-state index is 0.493. The lowest BCUT2D eigenvalue weighted by molar-refractivity contribution is -0.0487. The van der Waals surface area contributed by atoms with Crippen LogP contribution in [0, 0.1) is 0 Å². The van der Waals surface area contributed by atoms with E-state index in [1.807, 2.05) is 0 Å². The molecule has 0 fully saturated rings. The monoisotopic (exact) mass is 644 g/mol. The van der Waals surface area contributed by atoms with Crippen molar-refractivity contribution >= 4 is 51.5 Å². The van der Waals surface area contributed by atoms with E-state index < -0.39 is 81.7 Å². The van der Waals surface area contributed by atoms with E-state index in [2.05, 4.69) is 0 Å². The average Bonchev–Trinajstić information content (AvgIpc) is 2.39. The molecule has 0 atom stereocenters. The maximum Gasteiger partial charge on any atom is 0.512 e. The maximum absolute atomic E-state index is 11.5. The van der Waals surface area contributed by atoms with E-state index >= 15 is 0 Å². The molecule has 0 unspecified atom stereocenters. The fourth-order valence-electron chi connectivity index (χ4n) is 0.478. The Morgan fingerprint density at radius 3 is 0.588 bits per heavy atom. The maximum atomic E-state index is 11.5. The molecule has 4 N–H and O–H groups in total. The highest BCUT2D eigenvalue weighted by atomic mass is 32.3. The molecule has 34 heavy (non-hydrogen) atoms. The van der Waals surface area contributed by atoms with Gasteiger partial charge in [0.25, 0.3) is 11.4 Å². The van der Waals surface area contributed by atoms with Gasteiger partial charge in [0.15, 0.2) is 0 Å². The summed E-state index contributed by atoms with van der Waals surface area (Å²) in [6.45, 7) is 0. The van der Waals surface area contributed by atoms with E-state index in [0.717, 1.165) is 0 Å². The Morgan fingerprint density at radius 2 is 0.529 bits per heavy atom. The highest BCUT2D eigenvalue weighted by Gasteiger charge is 2.56. The van der Waals surface area contributed by atoms with Gasteiger partial charge in [-0.2, -0.15) is 56.9 Å². The first-order valence-corrected chi connectivity index (χ1v) is 12.8. The first-order chi connectivity index (χ1) is 14.1. The molecular formula is C4H4F12N2O11S5. The minimum atomic E-state index is -6.60. The number of hydrogen-bond acceptors (Lipinski definition) is 9. The van der Waals surface area contributed by atoms with Gasteiger partial charge in [-0.1, -0.05) is 8.25 Å². The summed E-state index contributed by atoms with van der Waals surface area (Å²) in [6, 6.07) is 0. The minimum Gasteiger partial charge on any atom is -0.284 e. The molecule has 0 aliphatic carbocycles. The van der Waals surface area contributed by atoms with Crippen LogP contribution in [0.5, 0.6) is 0 Å². The third kappa shape index (κ3) is 12.6. The zero-order valence-corrected chi connectivity index (χ0v) is 18.2. The van der Waals surface area contributed by atoms with E-state index in [-0.39, 0.29) is 0 Å². The Hall–Kier alpha value is -1.05. The van der Waals surface area contributed by atoms with E-state index in [1.54, 1.807) is 0 Å². The molecule has 0 bridgehead atoms. The van der Waals surface area contributed by atoms with Crippen LogP contribution in [0.2, 0.25) is 0 Å². The number of nitrogens with one attached hydrogen (secondary N) is 2. The van der Waals surface area contributed by atoms with Gasteiger partial charge in [0, 0.05) is 0 Å².